The summed E-state index contributed by atoms with van der Waals surface area (Å²) in [4.78, 5) is 0. The number of nitrogens with two attached hydrogens (primary N) is 1. The zero-order valence-electron chi connectivity index (χ0n) is 7.87. The lowest BCUT2D eigenvalue weighted by Gasteiger charge is -2.08. The third kappa shape index (κ3) is 1.81. The predicted molar refractivity (Wildman–Crippen MR) is 61.3 cm³/mol. The lowest BCUT2D eigenvalue weighted by atomic mass is 10.0. The van der Waals surface area contributed by atoms with Crippen LogP contribution < -0.4 is 5.73 Å². The number of hydrogen-bond acceptors (Lipinski definition) is 1. The Kier molecular flexibility index (Phi) is 2.60. The Morgan fingerprint density at radius 1 is 1.00 bits per heavy atom. The molecule has 0 aliphatic heterocycles. The average Bonchev–Trinajstić information content (AvgIpc) is 2.20. The van der Waals surface area contributed by atoms with Crippen LogP contribution in [0.2, 0.25) is 5.02 Å². The van der Waals surface area contributed by atoms with Crippen LogP contribution in [0.1, 0.15) is 0 Å². The Labute approximate surface area is 92.3 Å². The molecule has 2 aromatic rings. The molecule has 2 rings (SSSR count). The zero-order valence-corrected chi connectivity index (χ0v) is 8.63. The molecule has 15 heavy (non-hydrogen) atoms. The SMILES string of the molecule is Nc1ccccc1-c1c(F)cccc1Cl. The van der Waals surface area contributed by atoms with Gasteiger partial charge in [-0.3, -0.25) is 0 Å². The van der Waals surface area contributed by atoms with Crippen LogP contribution in [0.3, 0.4) is 0 Å². The summed E-state index contributed by atoms with van der Waals surface area (Å²) >= 11 is 5.94. The summed E-state index contributed by atoms with van der Waals surface area (Å²) in [7, 11) is 0. The van der Waals surface area contributed by atoms with E-state index < -0.39 is 0 Å². The first kappa shape index (κ1) is 9.99. The van der Waals surface area contributed by atoms with Crippen LogP contribution in [0.4, 0.5) is 10.1 Å². The van der Waals surface area contributed by atoms with E-state index in [9.17, 15) is 4.39 Å². The molecule has 0 fully saturated rings. The van der Waals surface area contributed by atoms with Gasteiger partial charge in [-0.05, 0) is 18.2 Å². The quantitative estimate of drug-likeness (QED) is 0.730. The maximum atomic E-state index is 13.6. The van der Waals surface area contributed by atoms with Crippen LogP contribution in [-0.4, -0.2) is 0 Å². The highest BCUT2D eigenvalue weighted by atomic mass is 35.5. The smallest absolute Gasteiger partial charge is 0.132 e. The van der Waals surface area contributed by atoms with Crippen LogP contribution in [0, 0.1) is 5.82 Å². The van der Waals surface area contributed by atoms with Gasteiger partial charge in [-0.1, -0.05) is 35.9 Å². The van der Waals surface area contributed by atoms with Gasteiger partial charge in [-0.15, -0.1) is 0 Å². The number of anilines is 1. The van der Waals surface area contributed by atoms with Crippen molar-refractivity contribution < 1.29 is 4.39 Å². The molecular formula is C12H9ClFN. The van der Waals surface area contributed by atoms with E-state index in [1.165, 1.54) is 6.07 Å². The van der Waals surface area contributed by atoms with Gasteiger partial charge in [0.15, 0.2) is 0 Å². The number of para-hydroxylation sites is 1. The first-order chi connectivity index (χ1) is 7.20. The standard InChI is InChI=1S/C12H9ClFN/c13-9-5-3-6-10(14)12(9)8-4-1-2-7-11(8)15/h1-7H,15H2. The molecule has 0 atom stereocenters. The second kappa shape index (κ2) is 3.91. The molecule has 3 heteroatoms. The summed E-state index contributed by atoms with van der Waals surface area (Å²) in [6.07, 6.45) is 0. The molecule has 0 saturated heterocycles. The minimum absolute atomic E-state index is 0.359. The largest absolute Gasteiger partial charge is 0.398 e. The van der Waals surface area contributed by atoms with Gasteiger partial charge in [0.25, 0.3) is 0 Å². The van der Waals surface area contributed by atoms with Crippen LogP contribution in [0.5, 0.6) is 0 Å². The molecule has 0 aromatic heterocycles. The molecule has 0 amide bonds. The van der Waals surface area contributed by atoms with E-state index >= 15 is 0 Å². The Morgan fingerprint density at radius 3 is 2.40 bits per heavy atom. The van der Waals surface area contributed by atoms with Crippen LogP contribution in [0.15, 0.2) is 42.5 Å². The van der Waals surface area contributed by atoms with E-state index in [2.05, 4.69) is 0 Å². The lowest BCUT2D eigenvalue weighted by molar-refractivity contribution is 0.631. The number of rotatable bonds is 1. The molecule has 0 heterocycles. The Morgan fingerprint density at radius 2 is 1.73 bits per heavy atom. The van der Waals surface area contributed by atoms with Crippen molar-refractivity contribution in [3.63, 3.8) is 0 Å². The van der Waals surface area contributed by atoms with E-state index in [0.717, 1.165) is 0 Å². The highest BCUT2D eigenvalue weighted by Crippen LogP contribution is 2.33. The van der Waals surface area contributed by atoms with E-state index in [1.54, 1.807) is 36.4 Å². The average molecular weight is 222 g/mol. The van der Waals surface area contributed by atoms with Crippen molar-refractivity contribution in [2.24, 2.45) is 0 Å². The fourth-order valence-corrected chi connectivity index (χ4v) is 1.74. The van der Waals surface area contributed by atoms with Gasteiger partial charge >= 0.3 is 0 Å². The van der Waals surface area contributed by atoms with Crippen LogP contribution in [-0.2, 0) is 0 Å². The fraction of sp³-hybridized carbons (Fsp3) is 0. The maximum Gasteiger partial charge on any atom is 0.132 e. The van der Waals surface area contributed by atoms with Gasteiger partial charge in [0, 0.05) is 16.8 Å². The molecule has 0 spiro atoms. The summed E-state index contributed by atoms with van der Waals surface area (Å²) in [5.74, 6) is -0.361. The van der Waals surface area contributed by atoms with E-state index in [-0.39, 0.29) is 5.82 Å². The molecule has 0 bridgehead atoms. The second-order valence-electron chi connectivity index (χ2n) is 3.18. The Hall–Kier alpha value is -1.54. The number of benzene rings is 2. The number of hydrogen-bond donors (Lipinski definition) is 1. The van der Waals surface area contributed by atoms with Gasteiger partial charge < -0.3 is 5.73 Å². The number of nitrogen functional groups attached to an aromatic ring is 1. The molecule has 2 aromatic carbocycles. The first-order valence-corrected chi connectivity index (χ1v) is 4.87. The van der Waals surface area contributed by atoms with Gasteiger partial charge in [0.05, 0.1) is 5.02 Å². The minimum Gasteiger partial charge on any atom is -0.398 e. The Balaban J connectivity index is 2.69. The van der Waals surface area contributed by atoms with Gasteiger partial charge in [0.1, 0.15) is 5.82 Å². The summed E-state index contributed by atoms with van der Waals surface area (Å²) in [6, 6.07) is 11.7. The molecule has 1 nitrogen and oxygen atoms in total. The van der Waals surface area contributed by atoms with Crippen molar-refractivity contribution in [2.75, 3.05) is 5.73 Å². The minimum atomic E-state index is -0.361. The number of halogens is 2. The molecule has 0 unspecified atom stereocenters. The third-order valence-electron chi connectivity index (χ3n) is 2.19. The molecule has 0 saturated carbocycles. The van der Waals surface area contributed by atoms with Gasteiger partial charge in [-0.25, -0.2) is 4.39 Å². The molecular weight excluding hydrogens is 213 g/mol. The van der Waals surface area contributed by atoms with Crippen LogP contribution in [0.25, 0.3) is 11.1 Å². The molecule has 0 aliphatic rings. The predicted octanol–water partition coefficient (Wildman–Crippen LogP) is 3.73. The summed E-state index contributed by atoms with van der Waals surface area (Å²) in [6.45, 7) is 0. The van der Waals surface area contributed by atoms with Crippen molar-refractivity contribution >= 4 is 17.3 Å². The highest BCUT2D eigenvalue weighted by molar-refractivity contribution is 6.33. The van der Waals surface area contributed by atoms with Crippen molar-refractivity contribution in [1.82, 2.24) is 0 Å². The molecule has 2 N–H and O–H groups in total. The lowest BCUT2D eigenvalue weighted by Crippen LogP contribution is -1.92. The Bertz CT molecular complexity index is 476. The van der Waals surface area contributed by atoms with E-state index in [1.807, 2.05) is 0 Å². The monoisotopic (exact) mass is 221 g/mol. The molecule has 0 radical (unpaired) electrons. The molecule has 76 valence electrons. The van der Waals surface area contributed by atoms with Crippen LogP contribution >= 0.6 is 11.6 Å². The summed E-state index contributed by atoms with van der Waals surface area (Å²) in [5.41, 5.74) is 7.27. The van der Waals surface area contributed by atoms with E-state index in [0.29, 0.717) is 21.8 Å². The third-order valence-corrected chi connectivity index (χ3v) is 2.51. The van der Waals surface area contributed by atoms with Crippen molar-refractivity contribution in [3.05, 3.63) is 53.3 Å². The van der Waals surface area contributed by atoms with Crippen molar-refractivity contribution in [3.8, 4) is 11.1 Å². The van der Waals surface area contributed by atoms with Gasteiger partial charge in [0.2, 0.25) is 0 Å². The second-order valence-corrected chi connectivity index (χ2v) is 3.59. The van der Waals surface area contributed by atoms with E-state index in [4.69, 9.17) is 17.3 Å². The normalized spacial score (nSPS) is 10.3. The van der Waals surface area contributed by atoms with Crippen molar-refractivity contribution in [1.29, 1.82) is 0 Å². The highest BCUT2D eigenvalue weighted by Gasteiger charge is 2.11. The summed E-state index contributed by atoms with van der Waals surface area (Å²) < 4.78 is 13.6. The summed E-state index contributed by atoms with van der Waals surface area (Å²) in [5, 5.41) is 0.368. The topological polar surface area (TPSA) is 26.0 Å². The molecule has 0 aliphatic carbocycles. The van der Waals surface area contributed by atoms with Gasteiger partial charge in [-0.2, -0.15) is 0 Å². The first-order valence-electron chi connectivity index (χ1n) is 4.49. The fourth-order valence-electron chi connectivity index (χ4n) is 1.48. The van der Waals surface area contributed by atoms with Crippen molar-refractivity contribution in [2.45, 2.75) is 0 Å². The zero-order chi connectivity index (χ0) is 10.8. The maximum absolute atomic E-state index is 13.6.